The van der Waals surface area contributed by atoms with Gasteiger partial charge in [0.1, 0.15) is 5.56 Å². The molecule has 0 saturated carbocycles. The summed E-state index contributed by atoms with van der Waals surface area (Å²) in [5.41, 5.74) is -5.02. The standard InChI is InChI=1S/C11H6F10O2/c12-6-4(2(22)1-3(23)10(16,17)18)7(13)9(15)5(8(6)14)11(19,20)21/h2-3,22-23H,1H2. The van der Waals surface area contributed by atoms with Crippen molar-refractivity contribution < 1.29 is 54.1 Å². The molecule has 2 unspecified atom stereocenters. The Kier molecular flexibility index (Phi) is 5.21. The van der Waals surface area contributed by atoms with Gasteiger partial charge in [-0.3, -0.25) is 0 Å². The minimum atomic E-state index is -5.83. The van der Waals surface area contributed by atoms with Gasteiger partial charge in [-0.2, -0.15) is 26.3 Å². The third-order valence-corrected chi connectivity index (χ3v) is 2.74. The Morgan fingerprint density at radius 1 is 0.739 bits per heavy atom. The van der Waals surface area contributed by atoms with Crippen molar-refractivity contribution in [1.29, 1.82) is 0 Å². The van der Waals surface area contributed by atoms with E-state index in [1.54, 1.807) is 0 Å². The average Bonchev–Trinajstić information content (AvgIpc) is 2.34. The maximum atomic E-state index is 13.4. The number of alkyl halides is 6. The molecule has 1 rings (SSSR count). The van der Waals surface area contributed by atoms with Crippen molar-refractivity contribution in [1.82, 2.24) is 0 Å². The summed E-state index contributed by atoms with van der Waals surface area (Å²) in [7, 11) is 0. The molecular formula is C11H6F10O2. The van der Waals surface area contributed by atoms with E-state index >= 15 is 0 Å². The fraction of sp³-hybridized carbons (Fsp3) is 0.455. The molecule has 1 aromatic rings. The fourth-order valence-electron chi connectivity index (χ4n) is 1.65. The molecule has 1 aromatic carbocycles. The number of rotatable bonds is 3. The molecule has 0 saturated heterocycles. The van der Waals surface area contributed by atoms with Crippen molar-refractivity contribution in [3.63, 3.8) is 0 Å². The van der Waals surface area contributed by atoms with E-state index in [2.05, 4.69) is 0 Å². The first kappa shape index (κ1) is 19.5. The van der Waals surface area contributed by atoms with Gasteiger partial charge in [-0.25, -0.2) is 17.6 Å². The molecule has 23 heavy (non-hydrogen) atoms. The lowest BCUT2D eigenvalue weighted by atomic mass is 9.99. The van der Waals surface area contributed by atoms with Crippen LogP contribution in [0.1, 0.15) is 23.7 Å². The molecule has 2 N–H and O–H groups in total. The Bertz CT molecular complexity index is 563. The van der Waals surface area contributed by atoms with Gasteiger partial charge in [-0.1, -0.05) is 0 Å². The van der Waals surface area contributed by atoms with Gasteiger partial charge in [0, 0.05) is 6.42 Å². The van der Waals surface area contributed by atoms with Crippen LogP contribution in [0.3, 0.4) is 0 Å². The van der Waals surface area contributed by atoms with Gasteiger partial charge in [0.25, 0.3) is 0 Å². The first-order chi connectivity index (χ1) is 10.2. The summed E-state index contributed by atoms with van der Waals surface area (Å²) < 4.78 is 126. The summed E-state index contributed by atoms with van der Waals surface area (Å²) in [4.78, 5) is 0. The molecule has 0 aliphatic carbocycles. The van der Waals surface area contributed by atoms with E-state index in [-0.39, 0.29) is 0 Å². The highest BCUT2D eigenvalue weighted by atomic mass is 19.4. The quantitative estimate of drug-likeness (QED) is 0.639. The van der Waals surface area contributed by atoms with Crippen molar-refractivity contribution in [3.05, 3.63) is 34.4 Å². The zero-order valence-electron chi connectivity index (χ0n) is 10.5. The third kappa shape index (κ3) is 3.86. The number of aliphatic hydroxyl groups is 2. The van der Waals surface area contributed by atoms with Crippen LogP contribution in [-0.2, 0) is 6.18 Å². The number of benzene rings is 1. The lowest BCUT2D eigenvalue weighted by Gasteiger charge is -2.20. The number of halogens is 10. The maximum absolute atomic E-state index is 13.4. The van der Waals surface area contributed by atoms with Crippen LogP contribution in [0, 0.1) is 23.3 Å². The first-order valence-corrected chi connectivity index (χ1v) is 5.55. The van der Waals surface area contributed by atoms with Gasteiger partial charge >= 0.3 is 12.4 Å². The summed E-state index contributed by atoms with van der Waals surface area (Å²) in [5.74, 6) is -11.3. The monoisotopic (exact) mass is 360 g/mol. The second-order valence-electron chi connectivity index (χ2n) is 4.35. The van der Waals surface area contributed by atoms with E-state index < -0.39 is 65.4 Å². The summed E-state index contributed by atoms with van der Waals surface area (Å²) in [6.07, 6.45) is -19.3. The van der Waals surface area contributed by atoms with Gasteiger partial charge in [0.05, 0.1) is 11.7 Å². The molecular weight excluding hydrogens is 354 g/mol. The zero-order valence-corrected chi connectivity index (χ0v) is 10.5. The van der Waals surface area contributed by atoms with E-state index in [1.807, 2.05) is 0 Å². The lowest BCUT2D eigenvalue weighted by molar-refractivity contribution is -0.211. The van der Waals surface area contributed by atoms with Gasteiger partial charge in [0.15, 0.2) is 29.4 Å². The lowest BCUT2D eigenvalue weighted by Crippen LogP contribution is -2.31. The van der Waals surface area contributed by atoms with Gasteiger partial charge in [-0.05, 0) is 0 Å². The Morgan fingerprint density at radius 3 is 1.43 bits per heavy atom. The van der Waals surface area contributed by atoms with Crippen molar-refractivity contribution in [2.75, 3.05) is 0 Å². The van der Waals surface area contributed by atoms with Crippen LogP contribution in [0.5, 0.6) is 0 Å². The van der Waals surface area contributed by atoms with E-state index in [9.17, 15) is 49.0 Å². The summed E-state index contributed by atoms with van der Waals surface area (Å²) >= 11 is 0. The highest BCUT2D eigenvalue weighted by molar-refractivity contribution is 5.33. The summed E-state index contributed by atoms with van der Waals surface area (Å²) in [5, 5.41) is 17.8. The number of hydrogen-bond acceptors (Lipinski definition) is 2. The molecule has 132 valence electrons. The Hall–Kier alpha value is -1.56. The molecule has 0 radical (unpaired) electrons. The molecule has 0 aromatic heterocycles. The predicted molar refractivity (Wildman–Crippen MR) is 52.9 cm³/mol. The molecule has 0 bridgehead atoms. The molecule has 0 fully saturated rings. The fourth-order valence-corrected chi connectivity index (χ4v) is 1.65. The largest absolute Gasteiger partial charge is 0.422 e. The van der Waals surface area contributed by atoms with Crippen molar-refractivity contribution >= 4 is 0 Å². The third-order valence-electron chi connectivity index (χ3n) is 2.74. The van der Waals surface area contributed by atoms with Crippen LogP contribution in [0.15, 0.2) is 0 Å². The van der Waals surface area contributed by atoms with Crippen molar-refractivity contribution in [2.24, 2.45) is 0 Å². The zero-order chi connectivity index (χ0) is 18.3. The molecule has 0 aliphatic rings. The number of aliphatic hydroxyl groups excluding tert-OH is 2. The second-order valence-corrected chi connectivity index (χ2v) is 4.35. The van der Waals surface area contributed by atoms with Crippen LogP contribution in [0.4, 0.5) is 43.9 Å². The van der Waals surface area contributed by atoms with E-state index in [0.717, 1.165) is 0 Å². The normalized spacial score (nSPS) is 15.7. The Morgan fingerprint density at radius 2 is 1.13 bits per heavy atom. The first-order valence-electron chi connectivity index (χ1n) is 5.55. The van der Waals surface area contributed by atoms with Crippen LogP contribution in [0.2, 0.25) is 0 Å². The van der Waals surface area contributed by atoms with Gasteiger partial charge < -0.3 is 10.2 Å². The summed E-state index contributed by atoms with van der Waals surface area (Å²) in [6, 6.07) is 0. The molecule has 2 nitrogen and oxygen atoms in total. The van der Waals surface area contributed by atoms with Gasteiger partial charge in [-0.15, -0.1) is 0 Å². The van der Waals surface area contributed by atoms with Crippen LogP contribution >= 0.6 is 0 Å². The topological polar surface area (TPSA) is 40.5 Å². The highest BCUT2D eigenvalue weighted by Crippen LogP contribution is 2.39. The van der Waals surface area contributed by atoms with Crippen LogP contribution < -0.4 is 0 Å². The SMILES string of the molecule is OC(CC(O)C(F)(F)F)c1c(F)c(F)c(C(F)(F)F)c(F)c1F. The molecule has 2 atom stereocenters. The number of hydrogen-bond donors (Lipinski definition) is 2. The molecule has 0 amide bonds. The minimum absolute atomic E-state index is 1.85. The van der Waals surface area contributed by atoms with E-state index in [4.69, 9.17) is 5.11 Å². The average molecular weight is 360 g/mol. The van der Waals surface area contributed by atoms with Crippen LogP contribution in [0.25, 0.3) is 0 Å². The smallest absolute Gasteiger partial charge is 0.388 e. The molecule has 0 spiro atoms. The Balaban J connectivity index is 3.40. The summed E-state index contributed by atoms with van der Waals surface area (Å²) in [6.45, 7) is 0. The maximum Gasteiger partial charge on any atom is 0.422 e. The Labute approximate surface area is 120 Å². The van der Waals surface area contributed by atoms with E-state index in [0.29, 0.717) is 0 Å². The highest BCUT2D eigenvalue weighted by Gasteiger charge is 2.45. The van der Waals surface area contributed by atoms with Gasteiger partial charge in [0.2, 0.25) is 0 Å². The van der Waals surface area contributed by atoms with E-state index in [1.165, 1.54) is 0 Å². The van der Waals surface area contributed by atoms with Crippen molar-refractivity contribution in [2.45, 2.75) is 31.0 Å². The van der Waals surface area contributed by atoms with Crippen molar-refractivity contribution in [3.8, 4) is 0 Å². The minimum Gasteiger partial charge on any atom is -0.388 e. The molecule has 0 heterocycles. The second kappa shape index (κ2) is 6.15. The predicted octanol–water partition coefficient (Wildman–Crippen LogP) is 3.61. The molecule has 0 aliphatic heterocycles. The van der Waals surface area contributed by atoms with Crippen LogP contribution in [-0.4, -0.2) is 22.5 Å². The molecule has 12 heteroatoms.